The number of aliphatic hydroxyl groups excluding tert-OH is 1. The van der Waals surface area contributed by atoms with Crippen LogP contribution in [-0.4, -0.2) is 148 Å². The maximum Gasteiger partial charge on any atom is 0.411 e. The lowest BCUT2D eigenvalue weighted by molar-refractivity contribution is -0.144. The van der Waals surface area contributed by atoms with Gasteiger partial charge in [0.05, 0.1) is 45.9 Å². The molecule has 4 amide bonds. The summed E-state index contributed by atoms with van der Waals surface area (Å²) in [7, 11) is 3.55. The Kier molecular flexibility index (Phi) is 18.5. The minimum absolute atomic E-state index is 0.0183. The van der Waals surface area contributed by atoms with E-state index in [-0.39, 0.29) is 90.6 Å². The lowest BCUT2D eigenvalue weighted by Gasteiger charge is -2.47. The van der Waals surface area contributed by atoms with Gasteiger partial charge in [-0.3, -0.25) is 19.3 Å². The SMILES string of the molecule is COCOc1cc(-c2c(F)cc3c(N4C[C@H]5CC[C@@](C)(C4)N5C(=O)OC(C)(C)C)nc(OCC4(CN(C)Cc5ccc(CCC(=O)N[C@H](C(=O)N6C[C@H](O)C[C@H]6C(=O)NCc6ccc(-c7scnc7C)cc6)C(C)(C)C)cc5)CC4)nc3c2F)c2ccccc2c1. The quantitative estimate of drug-likeness (QED) is 0.0574. The molecule has 482 valence electrons. The van der Waals surface area contributed by atoms with Crippen LogP contribution in [0, 0.1) is 29.4 Å². The molecule has 0 spiro atoms. The van der Waals surface area contributed by atoms with Gasteiger partial charge in [-0.15, -0.1) is 11.3 Å². The molecule has 5 heterocycles. The van der Waals surface area contributed by atoms with Gasteiger partial charge in [0.25, 0.3) is 0 Å². The number of likely N-dealkylation sites (tertiary alicyclic amines) is 1. The number of amides is 4. The van der Waals surface area contributed by atoms with Gasteiger partial charge in [-0.1, -0.05) is 93.6 Å². The number of fused-ring (bicyclic) bond motifs is 4. The van der Waals surface area contributed by atoms with Gasteiger partial charge in [0.2, 0.25) is 17.7 Å². The van der Waals surface area contributed by atoms with Crippen LogP contribution in [0.1, 0.15) is 109 Å². The molecule has 11 rings (SSSR count). The van der Waals surface area contributed by atoms with Crippen molar-refractivity contribution in [3.8, 4) is 33.3 Å². The highest BCUT2D eigenvalue weighted by molar-refractivity contribution is 7.13. The Morgan fingerprint density at radius 1 is 0.890 bits per heavy atom. The molecule has 3 saturated heterocycles. The van der Waals surface area contributed by atoms with Crippen LogP contribution in [0.4, 0.5) is 19.4 Å². The summed E-state index contributed by atoms with van der Waals surface area (Å²) in [5.74, 6) is -2.06. The van der Waals surface area contributed by atoms with Crippen LogP contribution >= 0.6 is 11.3 Å². The van der Waals surface area contributed by atoms with Crippen LogP contribution in [0.2, 0.25) is 0 Å². The third kappa shape index (κ3) is 14.4. The van der Waals surface area contributed by atoms with E-state index < -0.39 is 58.4 Å². The summed E-state index contributed by atoms with van der Waals surface area (Å²) in [4.78, 5) is 78.0. The number of aliphatic hydroxyl groups is 1. The van der Waals surface area contributed by atoms with Crippen LogP contribution in [0.25, 0.3) is 43.2 Å². The van der Waals surface area contributed by atoms with Crippen molar-refractivity contribution in [3.05, 3.63) is 131 Å². The molecule has 0 unspecified atom stereocenters. The summed E-state index contributed by atoms with van der Waals surface area (Å²) in [6, 6.07) is 25.9. The van der Waals surface area contributed by atoms with E-state index >= 15 is 8.78 Å². The van der Waals surface area contributed by atoms with E-state index in [0.717, 1.165) is 51.1 Å². The Labute approximate surface area is 534 Å². The number of hydrogen-bond donors (Lipinski definition) is 3. The summed E-state index contributed by atoms with van der Waals surface area (Å²) in [5.41, 5.74) is 4.33. The van der Waals surface area contributed by atoms with Crippen LogP contribution in [0.3, 0.4) is 0 Å². The first kappa shape index (κ1) is 64.7. The molecule has 5 aromatic carbocycles. The standard InChI is InChI=1S/C70H83F2N9O9S/c1-42-60(91-40-74-42)46-22-19-44(20-23-46)33-73-63(84)55-30-49(82)36-80(55)64(85)61(67(2,3)4)75-56(83)24-21-43-15-17-45(18-16-43)34-78(9)38-70(27-28-70)39-88-65-76-59-53(62(77-65)79-35-48-25-26-69(8,37-79)81(48)66(86)90-68(5,6)7)32-54(71)57(58(59)72)52-31-50(89-41-87-10)29-47-13-11-12-14-51(47)52/h11-20,22-23,29,31-32,40,48-49,55,61,82H,21,24-28,30,33-39,41H2,1-10H3,(H,73,84)(H,75,83)/t48-,49-,55+,61-,69+/m1/s1. The molecule has 1 saturated carbocycles. The monoisotopic (exact) mass is 1260 g/mol. The van der Waals surface area contributed by atoms with Crippen LogP contribution < -0.4 is 25.0 Å². The number of β-amino-alcohol motifs (C(OH)–C–C–N with tert-alkyl or cyclic N) is 1. The second-order valence-corrected chi connectivity index (χ2v) is 28.5. The van der Waals surface area contributed by atoms with Gasteiger partial charge >= 0.3 is 12.1 Å². The van der Waals surface area contributed by atoms with E-state index in [0.29, 0.717) is 62.4 Å². The first-order chi connectivity index (χ1) is 43.3. The van der Waals surface area contributed by atoms with Crippen molar-refractivity contribution in [2.24, 2.45) is 10.8 Å². The Morgan fingerprint density at radius 2 is 1.62 bits per heavy atom. The fraction of sp³-hybridized carbons (Fsp3) is 0.471. The second-order valence-electron chi connectivity index (χ2n) is 27.7. The van der Waals surface area contributed by atoms with Gasteiger partial charge in [-0.25, -0.2) is 18.6 Å². The number of piperazine rings is 1. The molecule has 0 radical (unpaired) electrons. The van der Waals surface area contributed by atoms with E-state index in [1.807, 2.05) is 143 Å². The van der Waals surface area contributed by atoms with Gasteiger partial charge in [0.1, 0.15) is 40.6 Å². The highest BCUT2D eigenvalue weighted by Crippen LogP contribution is 2.48. The minimum Gasteiger partial charge on any atom is -0.468 e. The molecule has 2 aromatic heterocycles. The molecule has 1 aliphatic carbocycles. The first-order valence-electron chi connectivity index (χ1n) is 31.3. The molecular formula is C70H83F2N9O9S. The minimum atomic E-state index is -0.946. The average molecular weight is 1260 g/mol. The lowest BCUT2D eigenvalue weighted by atomic mass is 9.85. The molecule has 4 fully saturated rings. The number of methoxy groups -OCH3 is 1. The Hall–Kier alpha value is -7.85. The topological polar surface area (TPSA) is 201 Å². The third-order valence-electron chi connectivity index (χ3n) is 18.0. The summed E-state index contributed by atoms with van der Waals surface area (Å²) in [6.07, 6.45) is 2.55. The molecular weight excluding hydrogens is 1180 g/mol. The number of hydrogen-bond acceptors (Lipinski definition) is 15. The molecule has 2 bridgehead atoms. The number of aryl methyl sites for hydroxylation is 2. The second kappa shape index (κ2) is 26.0. The summed E-state index contributed by atoms with van der Waals surface area (Å²) < 4.78 is 58.1. The fourth-order valence-corrected chi connectivity index (χ4v) is 14.1. The predicted molar refractivity (Wildman–Crippen MR) is 347 cm³/mol. The molecule has 3 aliphatic heterocycles. The number of carbonyl (C=O) groups excluding carboxylic acids is 4. The Morgan fingerprint density at radius 3 is 2.30 bits per heavy atom. The molecule has 18 nitrogen and oxygen atoms in total. The number of rotatable bonds is 21. The number of nitrogens with one attached hydrogen (secondary N) is 2. The van der Waals surface area contributed by atoms with Gasteiger partial charge in [-0.05, 0) is 136 Å². The van der Waals surface area contributed by atoms with Gasteiger partial charge in [-0.2, -0.15) is 9.97 Å². The molecule has 3 N–H and O–H groups in total. The molecule has 5 atom stereocenters. The first-order valence-corrected chi connectivity index (χ1v) is 32.2. The third-order valence-corrected chi connectivity index (χ3v) is 19.0. The summed E-state index contributed by atoms with van der Waals surface area (Å²) in [6.45, 7) is 17.5. The van der Waals surface area contributed by atoms with Crippen molar-refractivity contribution in [2.75, 3.05) is 58.6 Å². The molecule has 91 heavy (non-hydrogen) atoms. The fourth-order valence-electron chi connectivity index (χ4n) is 13.2. The van der Waals surface area contributed by atoms with Gasteiger partial charge in [0.15, 0.2) is 12.6 Å². The van der Waals surface area contributed by atoms with E-state index in [9.17, 15) is 24.3 Å². The highest BCUT2D eigenvalue weighted by Gasteiger charge is 2.53. The molecule has 7 aromatic rings. The van der Waals surface area contributed by atoms with Crippen LogP contribution in [0.15, 0.2) is 96.5 Å². The zero-order valence-corrected chi connectivity index (χ0v) is 54.5. The number of thiazole rings is 1. The van der Waals surface area contributed by atoms with Gasteiger partial charge in [0, 0.05) is 70.0 Å². The highest BCUT2D eigenvalue weighted by atomic mass is 32.1. The largest absolute Gasteiger partial charge is 0.468 e. The van der Waals surface area contributed by atoms with Crippen molar-refractivity contribution >= 4 is 62.6 Å². The van der Waals surface area contributed by atoms with Crippen molar-refractivity contribution in [3.63, 3.8) is 0 Å². The molecule has 21 heteroatoms. The number of carbonyl (C=O) groups is 4. The number of benzene rings is 5. The number of ether oxygens (including phenoxy) is 4. The maximum atomic E-state index is 17.7. The molecule has 4 aliphatic rings. The zero-order chi connectivity index (χ0) is 64.7. The van der Waals surface area contributed by atoms with E-state index in [2.05, 4.69) is 27.6 Å². The van der Waals surface area contributed by atoms with Crippen LogP contribution in [-0.2, 0) is 43.4 Å². The number of halogens is 2. The Balaban J connectivity index is 0.735. The smallest absolute Gasteiger partial charge is 0.411 e. The van der Waals surface area contributed by atoms with E-state index in [4.69, 9.17) is 28.9 Å². The number of nitrogens with zero attached hydrogens (tertiary/aromatic N) is 7. The number of aromatic nitrogens is 3. The van der Waals surface area contributed by atoms with Crippen molar-refractivity contribution in [2.45, 2.75) is 149 Å². The normalized spacial score (nSPS) is 19.9. The summed E-state index contributed by atoms with van der Waals surface area (Å²) >= 11 is 1.57. The zero-order valence-electron chi connectivity index (χ0n) is 53.7. The Bertz CT molecular complexity index is 3850. The van der Waals surface area contributed by atoms with Crippen LogP contribution in [0.5, 0.6) is 11.8 Å². The predicted octanol–water partition coefficient (Wildman–Crippen LogP) is 11.2. The lowest BCUT2D eigenvalue weighted by Crippen LogP contribution is -2.63. The average Bonchev–Trinajstić information content (AvgIpc) is 1.71. The van der Waals surface area contributed by atoms with Crippen molar-refractivity contribution < 1.29 is 52.0 Å². The number of anilines is 1. The van der Waals surface area contributed by atoms with Crippen molar-refractivity contribution in [1.82, 2.24) is 40.3 Å². The van der Waals surface area contributed by atoms with Gasteiger partial charge < -0.3 is 49.4 Å². The maximum absolute atomic E-state index is 17.7. The van der Waals surface area contributed by atoms with E-state index in [1.54, 1.807) is 23.5 Å². The van der Waals surface area contributed by atoms with E-state index in [1.165, 1.54) is 18.1 Å². The van der Waals surface area contributed by atoms with Crippen molar-refractivity contribution in [1.29, 1.82) is 0 Å². The summed E-state index contributed by atoms with van der Waals surface area (Å²) in [5, 5.41) is 18.2.